The summed E-state index contributed by atoms with van der Waals surface area (Å²) < 4.78 is 1.01. The van der Waals surface area contributed by atoms with E-state index in [4.69, 9.17) is 0 Å². The summed E-state index contributed by atoms with van der Waals surface area (Å²) in [6.07, 6.45) is 2.51. The van der Waals surface area contributed by atoms with Crippen LogP contribution in [0.2, 0.25) is 0 Å². The highest BCUT2D eigenvalue weighted by molar-refractivity contribution is 9.10. The van der Waals surface area contributed by atoms with E-state index < -0.39 is 0 Å². The molecule has 3 nitrogen and oxygen atoms in total. The van der Waals surface area contributed by atoms with E-state index in [0.717, 1.165) is 36.0 Å². The van der Waals surface area contributed by atoms with Crippen LogP contribution in [0.25, 0.3) is 0 Å². The summed E-state index contributed by atoms with van der Waals surface area (Å²) in [7, 11) is 0. The van der Waals surface area contributed by atoms with Crippen molar-refractivity contribution in [3.8, 4) is 0 Å². The minimum Gasteiger partial charge on any atom is -0.368 e. The number of halogens is 1. The molecule has 0 bridgehead atoms. The fourth-order valence-corrected chi connectivity index (χ4v) is 3.79. The molecule has 0 fully saturated rings. The van der Waals surface area contributed by atoms with E-state index in [9.17, 15) is 4.79 Å². The van der Waals surface area contributed by atoms with Gasteiger partial charge in [-0.25, -0.2) is 0 Å². The standard InChI is InChI=1S/C20H23BrN2O/c1-15-12-17-7-2-3-9-19(17)23(15)11-5-10-22-20(24)14-16-6-4-8-18(21)13-16/h2-4,6-9,13,15H,5,10-12,14H2,1H3,(H,22,24)/t15-/m0/s1. The lowest BCUT2D eigenvalue weighted by molar-refractivity contribution is -0.120. The molecule has 2 aromatic rings. The number of hydrogen-bond acceptors (Lipinski definition) is 2. The third kappa shape index (κ3) is 4.18. The predicted molar refractivity (Wildman–Crippen MR) is 102 cm³/mol. The molecule has 0 saturated carbocycles. The molecule has 1 heterocycles. The van der Waals surface area contributed by atoms with Crippen LogP contribution in [0.15, 0.2) is 53.0 Å². The molecule has 1 amide bonds. The number of carbonyl (C=O) groups is 1. The average molecular weight is 387 g/mol. The van der Waals surface area contributed by atoms with Crippen LogP contribution in [0.3, 0.4) is 0 Å². The maximum Gasteiger partial charge on any atom is 0.224 e. The number of benzene rings is 2. The highest BCUT2D eigenvalue weighted by atomic mass is 79.9. The van der Waals surface area contributed by atoms with E-state index >= 15 is 0 Å². The van der Waals surface area contributed by atoms with Gasteiger partial charge in [-0.05, 0) is 49.1 Å². The lowest BCUT2D eigenvalue weighted by Gasteiger charge is -2.24. The molecule has 0 radical (unpaired) electrons. The van der Waals surface area contributed by atoms with E-state index in [0.29, 0.717) is 12.5 Å². The van der Waals surface area contributed by atoms with Crippen molar-refractivity contribution in [1.29, 1.82) is 0 Å². The number of amides is 1. The molecule has 1 aliphatic rings. The van der Waals surface area contributed by atoms with Crippen molar-refractivity contribution in [2.24, 2.45) is 0 Å². The molecule has 0 aliphatic carbocycles. The second kappa shape index (κ2) is 7.84. The molecule has 126 valence electrons. The molecule has 2 aromatic carbocycles. The normalized spacial score (nSPS) is 16.1. The summed E-state index contributed by atoms with van der Waals surface area (Å²) in [4.78, 5) is 14.5. The van der Waals surface area contributed by atoms with Gasteiger partial charge in [0.15, 0.2) is 0 Å². The molecule has 1 N–H and O–H groups in total. The highest BCUT2D eigenvalue weighted by Gasteiger charge is 2.24. The van der Waals surface area contributed by atoms with Crippen molar-refractivity contribution in [2.45, 2.75) is 32.2 Å². The van der Waals surface area contributed by atoms with Gasteiger partial charge in [0.05, 0.1) is 6.42 Å². The van der Waals surface area contributed by atoms with E-state index in [2.05, 4.69) is 57.3 Å². The molecule has 0 spiro atoms. The van der Waals surface area contributed by atoms with Crippen molar-refractivity contribution in [3.05, 3.63) is 64.1 Å². The molecule has 3 rings (SSSR count). The van der Waals surface area contributed by atoms with E-state index in [-0.39, 0.29) is 5.91 Å². The Bertz CT molecular complexity index is 716. The molecule has 1 atom stereocenters. The molecule has 4 heteroatoms. The lowest BCUT2D eigenvalue weighted by atomic mass is 10.1. The Hall–Kier alpha value is -1.81. The summed E-state index contributed by atoms with van der Waals surface area (Å²) in [5.74, 6) is 0.0861. The van der Waals surface area contributed by atoms with Gasteiger partial charge in [0.1, 0.15) is 0 Å². The average Bonchev–Trinajstić information content (AvgIpc) is 2.87. The SMILES string of the molecule is C[C@H]1Cc2ccccc2N1CCCNC(=O)Cc1cccc(Br)c1. The maximum absolute atomic E-state index is 12.0. The molecule has 1 aliphatic heterocycles. The molecular formula is C20H23BrN2O. The first-order valence-electron chi connectivity index (χ1n) is 8.49. The first-order valence-corrected chi connectivity index (χ1v) is 9.28. The zero-order chi connectivity index (χ0) is 16.9. The number of hydrogen-bond donors (Lipinski definition) is 1. The fourth-order valence-electron chi connectivity index (χ4n) is 3.34. The van der Waals surface area contributed by atoms with Crippen molar-refractivity contribution < 1.29 is 4.79 Å². The van der Waals surface area contributed by atoms with Gasteiger partial charge in [-0.1, -0.05) is 46.3 Å². The van der Waals surface area contributed by atoms with Crippen LogP contribution in [0.1, 0.15) is 24.5 Å². The quantitative estimate of drug-likeness (QED) is 0.762. The van der Waals surface area contributed by atoms with Gasteiger partial charge in [-0.2, -0.15) is 0 Å². The largest absolute Gasteiger partial charge is 0.368 e. The molecular weight excluding hydrogens is 364 g/mol. The van der Waals surface area contributed by atoms with Crippen LogP contribution in [0.5, 0.6) is 0 Å². The van der Waals surface area contributed by atoms with E-state index in [1.165, 1.54) is 11.3 Å². The van der Waals surface area contributed by atoms with E-state index in [1.54, 1.807) is 0 Å². The van der Waals surface area contributed by atoms with Gasteiger partial charge in [-0.15, -0.1) is 0 Å². The Morgan fingerprint density at radius 3 is 2.92 bits per heavy atom. The van der Waals surface area contributed by atoms with Gasteiger partial charge < -0.3 is 10.2 Å². The first kappa shape index (κ1) is 17.0. The number of fused-ring (bicyclic) bond motifs is 1. The summed E-state index contributed by atoms with van der Waals surface area (Å²) in [6.45, 7) is 3.97. The van der Waals surface area contributed by atoms with Crippen molar-refractivity contribution in [2.75, 3.05) is 18.0 Å². The summed E-state index contributed by atoms with van der Waals surface area (Å²) in [5, 5.41) is 3.03. The lowest BCUT2D eigenvalue weighted by Crippen LogP contribution is -2.33. The van der Waals surface area contributed by atoms with Crippen LogP contribution in [-0.2, 0) is 17.6 Å². The second-order valence-electron chi connectivity index (χ2n) is 6.39. The van der Waals surface area contributed by atoms with Crippen molar-refractivity contribution in [3.63, 3.8) is 0 Å². The Labute approximate surface area is 152 Å². The number of nitrogens with one attached hydrogen (secondary N) is 1. The monoisotopic (exact) mass is 386 g/mol. The fraction of sp³-hybridized carbons (Fsp3) is 0.350. The molecule has 0 unspecified atom stereocenters. The maximum atomic E-state index is 12.0. The van der Waals surface area contributed by atoms with Crippen LogP contribution in [0.4, 0.5) is 5.69 Å². The predicted octanol–water partition coefficient (Wildman–Crippen LogP) is 3.95. The molecule has 0 aromatic heterocycles. The van der Waals surface area contributed by atoms with Gasteiger partial charge >= 0.3 is 0 Å². The van der Waals surface area contributed by atoms with Crippen LogP contribution >= 0.6 is 15.9 Å². The number of rotatable bonds is 6. The van der Waals surface area contributed by atoms with Crippen LogP contribution < -0.4 is 10.2 Å². The van der Waals surface area contributed by atoms with Gasteiger partial charge in [0.2, 0.25) is 5.91 Å². The minimum absolute atomic E-state index is 0.0861. The number of nitrogens with zero attached hydrogens (tertiary/aromatic N) is 1. The second-order valence-corrected chi connectivity index (χ2v) is 7.30. The zero-order valence-corrected chi connectivity index (χ0v) is 15.6. The Morgan fingerprint density at radius 1 is 1.25 bits per heavy atom. The molecule has 0 saturated heterocycles. The minimum atomic E-state index is 0.0861. The summed E-state index contributed by atoms with van der Waals surface area (Å²) in [6, 6.07) is 17.1. The third-order valence-electron chi connectivity index (χ3n) is 4.50. The van der Waals surface area contributed by atoms with Gasteiger partial charge in [0.25, 0.3) is 0 Å². The van der Waals surface area contributed by atoms with Crippen LogP contribution in [-0.4, -0.2) is 25.0 Å². The van der Waals surface area contributed by atoms with Gasteiger partial charge in [0, 0.05) is 29.3 Å². The van der Waals surface area contributed by atoms with Crippen LogP contribution in [0, 0.1) is 0 Å². The van der Waals surface area contributed by atoms with Crippen molar-refractivity contribution >= 4 is 27.5 Å². The van der Waals surface area contributed by atoms with Crippen molar-refractivity contribution in [1.82, 2.24) is 5.32 Å². The Balaban J connectivity index is 1.43. The highest BCUT2D eigenvalue weighted by Crippen LogP contribution is 2.31. The topological polar surface area (TPSA) is 32.3 Å². The zero-order valence-electron chi connectivity index (χ0n) is 14.0. The Morgan fingerprint density at radius 2 is 2.08 bits per heavy atom. The van der Waals surface area contributed by atoms with E-state index in [1.807, 2.05) is 24.3 Å². The first-order chi connectivity index (χ1) is 11.6. The number of anilines is 1. The summed E-state index contributed by atoms with van der Waals surface area (Å²) in [5.41, 5.74) is 3.82. The smallest absolute Gasteiger partial charge is 0.224 e. The van der Waals surface area contributed by atoms with Gasteiger partial charge in [-0.3, -0.25) is 4.79 Å². The molecule has 24 heavy (non-hydrogen) atoms. The number of carbonyl (C=O) groups excluding carboxylic acids is 1. The third-order valence-corrected chi connectivity index (χ3v) is 4.99. The number of para-hydroxylation sites is 1. The summed E-state index contributed by atoms with van der Waals surface area (Å²) >= 11 is 3.44. The Kier molecular flexibility index (Phi) is 5.56.